The zero-order valence-electron chi connectivity index (χ0n) is 8.77. The van der Waals surface area contributed by atoms with Gasteiger partial charge in [-0.3, -0.25) is 0 Å². The zero-order chi connectivity index (χ0) is 11.4. The third-order valence-electron chi connectivity index (χ3n) is 2.45. The predicted octanol–water partition coefficient (Wildman–Crippen LogP) is 2.85. The van der Waals surface area contributed by atoms with Crippen LogP contribution in [-0.4, -0.2) is 16.6 Å². The Hall–Kier alpha value is -0.700. The third kappa shape index (κ3) is 2.91. The van der Waals surface area contributed by atoms with Gasteiger partial charge in [-0.05, 0) is 35.0 Å². The molecule has 84 valence electrons. The van der Waals surface area contributed by atoms with Crippen molar-refractivity contribution in [1.82, 2.24) is 4.31 Å². The fourth-order valence-corrected chi connectivity index (χ4v) is 3.55. The van der Waals surface area contributed by atoms with Crippen molar-refractivity contribution in [2.75, 3.05) is 12.3 Å². The lowest BCUT2D eigenvalue weighted by Crippen LogP contribution is -2.19. The van der Waals surface area contributed by atoms with E-state index >= 15 is 0 Å². The standard InChI is InChI=1S/C11H12BrN3S/c12-11-4-2-10(3-5-11)8-15-6-1-7-16(15)14-9-13/h2-5H,1,6-8H2. The Morgan fingerprint density at radius 1 is 1.44 bits per heavy atom. The maximum absolute atomic E-state index is 8.60. The van der Waals surface area contributed by atoms with Crippen LogP contribution in [0.15, 0.2) is 33.1 Å². The molecule has 0 saturated carbocycles. The van der Waals surface area contributed by atoms with Crippen LogP contribution in [-0.2, 0) is 17.4 Å². The van der Waals surface area contributed by atoms with E-state index in [1.54, 1.807) is 0 Å². The van der Waals surface area contributed by atoms with Crippen LogP contribution >= 0.6 is 15.9 Å². The van der Waals surface area contributed by atoms with Crippen LogP contribution in [0.25, 0.3) is 0 Å². The Bertz CT molecular complexity index is 436. The van der Waals surface area contributed by atoms with Crippen molar-refractivity contribution in [2.24, 2.45) is 4.36 Å². The van der Waals surface area contributed by atoms with E-state index in [2.05, 4.69) is 36.7 Å². The van der Waals surface area contributed by atoms with E-state index in [0.29, 0.717) is 0 Å². The second-order valence-corrected chi connectivity index (χ2v) is 6.28. The number of nitriles is 1. The van der Waals surface area contributed by atoms with Gasteiger partial charge < -0.3 is 0 Å². The molecule has 0 amide bonds. The molecule has 1 atom stereocenters. The molecular weight excluding hydrogens is 286 g/mol. The van der Waals surface area contributed by atoms with Gasteiger partial charge in [-0.1, -0.05) is 28.1 Å². The van der Waals surface area contributed by atoms with Crippen LogP contribution in [0.3, 0.4) is 0 Å². The van der Waals surface area contributed by atoms with Crippen LogP contribution < -0.4 is 0 Å². The molecule has 1 heterocycles. The molecule has 0 N–H and O–H groups in total. The molecule has 5 heteroatoms. The summed E-state index contributed by atoms with van der Waals surface area (Å²) >= 11 is 3.42. The van der Waals surface area contributed by atoms with E-state index in [0.717, 1.165) is 29.7 Å². The van der Waals surface area contributed by atoms with Crippen molar-refractivity contribution in [3.05, 3.63) is 34.3 Å². The first kappa shape index (κ1) is 11.8. The Labute approximate surface area is 106 Å². The van der Waals surface area contributed by atoms with Crippen LogP contribution in [0.1, 0.15) is 12.0 Å². The summed E-state index contributed by atoms with van der Waals surface area (Å²) in [6.07, 6.45) is 3.07. The molecule has 1 aliphatic rings. The third-order valence-corrected chi connectivity index (χ3v) is 4.83. The van der Waals surface area contributed by atoms with Gasteiger partial charge in [0.25, 0.3) is 0 Å². The van der Waals surface area contributed by atoms with Gasteiger partial charge in [0.05, 0.1) is 0 Å². The van der Waals surface area contributed by atoms with Crippen molar-refractivity contribution in [3.63, 3.8) is 0 Å². The van der Waals surface area contributed by atoms with Gasteiger partial charge in [-0.2, -0.15) is 5.26 Å². The number of nitrogens with zero attached hydrogens (tertiary/aromatic N) is 3. The van der Waals surface area contributed by atoms with Crippen molar-refractivity contribution >= 4 is 26.8 Å². The number of hydrogen-bond acceptors (Lipinski definition) is 2. The average molecular weight is 298 g/mol. The summed E-state index contributed by atoms with van der Waals surface area (Å²) < 4.78 is 7.35. The minimum Gasteiger partial charge on any atom is -0.236 e. The second-order valence-electron chi connectivity index (χ2n) is 3.58. The number of rotatable bonds is 2. The molecule has 1 aliphatic heterocycles. The van der Waals surface area contributed by atoms with Gasteiger partial charge in [0.15, 0.2) is 0 Å². The minimum atomic E-state index is -0.185. The Morgan fingerprint density at radius 3 is 2.88 bits per heavy atom. The van der Waals surface area contributed by atoms with E-state index < -0.39 is 0 Å². The first-order chi connectivity index (χ1) is 7.79. The molecule has 0 radical (unpaired) electrons. The fraction of sp³-hybridized carbons (Fsp3) is 0.364. The van der Waals surface area contributed by atoms with Gasteiger partial charge in [0.2, 0.25) is 6.19 Å². The van der Waals surface area contributed by atoms with Crippen molar-refractivity contribution in [3.8, 4) is 6.19 Å². The molecule has 0 spiro atoms. The van der Waals surface area contributed by atoms with Gasteiger partial charge in [-0.15, -0.1) is 4.36 Å². The lowest BCUT2D eigenvalue weighted by atomic mass is 10.2. The highest BCUT2D eigenvalue weighted by Gasteiger charge is 2.18. The van der Waals surface area contributed by atoms with Crippen LogP contribution in [0.2, 0.25) is 0 Å². The number of hydrogen-bond donors (Lipinski definition) is 0. The highest BCUT2D eigenvalue weighted by atomic mass is 79.9. The van der Waals surface area contributed by atoms with Gasteiger partial charge in [-0.25, -0.2) is 4.31 Å². The molecule has 1 unspecified atom stereocenters. The first-order valence-corrected chi connectivity index (χ1v) is 7.20. The summed E-state index contributed by atoms with van der Waals surface area (Å²) in [5.41, 5.74) is 1.27. The van der Waals surface area contributed by atoms with Crippen LogP contribution in [0.4, 0.5) is 0 Å². The topological polar surface area (TPSA) is 39.4 Å². The van der Waals surface area contributed by atoms with Gasteiger partial charge in [0.1, 0.15) is 0 Å². The molecule has 1 aromatic rings. The molecule has 1 aromatic carbocycles. The predicted molar refractivity (Wildman–Crippen MR) is 69.4 cm³/mol. The molecule has 16 heavy (non-hydrogen) atoms. The molecule has 0 aliphatic carbocycles. The lowest BCUT2D eigenvalue weighted by molar-refractivity contribution is 0.488. The van der Waals surface area contributed by atoms with E-state index in [1.165, 1.54) is 5.56 Å². The molecule has 1 fully saturated rings. The maximum Gasteiger partial charge on any atom is 0.213 e. The van der Waals surface area contributed by atoms with E-state index in [1.807, 2.05) is 18.3 Å². The first-order valence-electron chi connectivity index (χ1n) is 5.10. The fourth-order valence-electron chi connectivity index (χ4n) is 1.70. The normalized spacial score (nSPS) is 21.1. The summed E-state index contributed by atoms with van der Waals surface area (Å²) in [6.45, 7) is 1.94. The van der Waals surface area contributed by atoms with Crippen molar-refractivity contribution in [2.45, 2.75) is 13.0 Å². The average Bonchev–Trinajstić information content (AvgIpc) is 2.70. The van der Waals surface area contributed by atoms with Crippen LogP contribution in [0.5, 0.6) is 0 Å². The SMILES string of the molecule is N#CN=S1CCCN1Cc1ccc(Br)cc1. The smallest absolute Gasteiger partial charge is 0.213 e. The Kier molecular flexibility index (Phi) is 4.10. The number of halogens is 1. The van der Waals surface area contributed by atoms with Crippen molar-refractivity contribution in [1.29, 1.82) is 5.26 Å². The zero-order valence-corrected chi connectivity index (χ0v) is 11.2. The van der Waals surface area contributed by atoms with E-state index in [-0.39, 0.29) is 10.9 Å². The molecular formula is C11H12BrN3S. The second kappa shape index (κ2) is 5.58. The molecule has 2 rings (SSSR count). The monoisotopic (exact) mass is 297 g/mol. The Balaban J connectivity index is 2.07. The minimum absolute atomic E-state index is 0.185. The van der Waals surface area contributed by atoms with Crippen LogP contribution in [0, 0.1) is 11.5 Å². The summed E-state index contributed by atoms with van der Waals surface area (Å²) in [4.78, 5) is 0. The lowest BCUT2D eigenvalue weighted by Gasteiger charge is -2.15. The van der Waals surface area contributed by atoms with Crippen molar-refractivity contribution < 1.29 is 0 Å². The largest absolute Gasteiger partial charge is 0.236 e. The molecule has 0 bridgehead atoms. The molecule has 3 nitrogen and oxygen atoms in total. The quantitative estimate of drug-likeness (QED) is 0.788. The highest BCUT2D eigenvalue weighted by Crippen LogP contribution is 2.17. The Morgan fingerprint density at radius 2 is 2.19 bits per heavy atom. The molecule has 0 aromatic heterocycles. The summed E-state index contributed by atoms with van der Waals surface area (Å²) in [6, 6.07) is 8.31. The van der Waals surface area contributed by atoms with Gasteiger partial charge >= 0.3 is 0 Å². The van der Waals surface area contributed by atoms with E-state index in [9.17, 15) is 0 Å². The summed E-state index contributed by atoms with van der Waals surface area (Å²) in [5, 5.41) is 8.60. The maximum atomic E-state index is 8.60. The number of benzene rings is 1. The highest BCUT2D eigenvalue weighted by molar-refractivity contribution is 9.10. The van der Waals surface area contributed by atoms with Gasteiger partial charge in [0, 0.05) is 23.3 Å². The summed E-state index contributed by atoms with van der Waals surface area (Å²) in [7, 11) is -0.185. The summed E-state index contributed by atoms with van der Waals surface area (Å²) in [5.74, 6) is 1.03. The van der Waals surface area contributed by atoms with E-state index in [4.69, 9.17) is 5.26 Å². The molecule has 1 saturated heterocycles.